The molecule has 1 amide bonds. The molecule has 8 heteroatoms. The number of benzene rings is 2. The highest BCUT2D eigenvalue weighted by atomic mass is 79.9. The van der Waals surface area contributed by atoms with Crippen LogP contribution in [0, 0.1) is 0 Å². The molecule has 0 aromatic heterocycles. The maximum Gasteiger partial charge on any atom is 0.238 e. The van der Waals surface area contributed by atoms with Crippen LogP contribution in [0.25, 0.3) is 0 Å². The van der Waals surface area contributed by atoms with Crippen LogP contribution < -0.4 is 10.1 Å². The zero-order valence-corrected chi connectivity index (χ0v) is 17.3. The Morgan fingerprint density at radius 3 is 2.30 bits per heavy atom. The topological polar surface area (TPSA) is 75.7 Å². The number of amides is 1. The zero-order valence-electron chi connectivity index (χ0n) is 14.9. The number of carbonyl (C=O) groups excluding carboxylic acids is 1. The molecule has 1 fully saturated rings. The Morgan fingerprint density at radius 1 is 1.15 bits per heavy atom. The predicted octanol–water partition coefficient (Wildman–Crippen LogP) is 3.30. The summed E-state index contributed by atoms with van der Waals surface area (Å²) >= 11 is 3.38. The van der Waals surface area contributed by atoms with Crippen molar-refractivity contribution in [1.29, 1.82) is 0 Å². The van der Waals surface area contributed by atoms with E-state index in [0.717, 1.165) is 10.2 Å². The number of hydrogen-bond donors (Lipinski definition) is 1. The van der Waals surface area contributed by atoms with Crippen molar-refractivity contribution in [3.05, 3.63) is 53.0 Å². The van der Waals surface area contributed by atoms with Gasteiger partial charge in [0.05, 0.1) is 18.1 Å². The monoisotopic (exact) mass is 452 g/mol. The maximum absolute atomic E-state index is 12.2. The predicted molar refractivity (Wildman–Crippen MR) is 109 cm³/mol. The molecular formula is C19H21BrN2O4S. The van der Waals surface area contributed by atoms with Crippen LogP contribution in [0.1, 0.15) is 6.42 Å². The first-order valence-corrected chi connectivity index (χ1v) is 11.2. The molecule has 2 aromatic rings. The third kappa shape index (κ3) is 5.79. The largest absolute Gasteiger partial charge is 0.457 e. The van der Waals surface area contributed by atoms with Crippen molar-refractivity contribution in [2.45, 2.75) is 12.5 Å². The lowest BCUT2D eigenvalue weighted by Gasteiger charge is -2.22. The molecule has 1 saturated heterocycles. The molecule has 3 rings (SSSR count). The SMILES string of the molecule is CN(CC(=O)Nc1ccc(Oc2ccc(Br)cc2)cc1)[C@H]1CCS(=O)(=O)C1. The highest BCUT2D eigenvalue weighted by Gasteiger charge is 2.31. The van der Waals surface area contributed by atoms with Gasteiger partial charge < -0.3 is 10.1 Å². The molecule has 1 aliphatic heterocycles. The molecule has 2 aromatic carbocycles. The Hall–Kier alpha value is -1.90. The minimum absolute atomic E-state index is 0.0950. The number of carbonyl (C=O) groups is 1. The summed E-state index contributed by atoms with van der Waals surface area (Å²) in [5.41, 5.74) is 0.663. The number of anilines is 1. The maximum atomic E-state index is 12.2. The Bertz CT molecular complexity index is 898. The van der Waals surface area contributed by atoms with E-state index in [9.17, 15) is 13.2 Å². The van der Waals surface area contributed by atoms with E-state index in [1.807, 2.05) is 24.3 Å². The number of halogens is 1. The second kappa shape index (κ2) is 8.41. The summed E-state index contributed by atoms with van der Waals surface area (Å²) in [5.74, 6) is 1.54. The summed E-state index contributed by atoms with van der Waals surface area (Å²) in [5, 5.41) is 2.82. The number of nitrogens with zero attached hydrogens (tertiary/aromatic N) is 1. The van der Waals surface area contributed by atoms with E-state index in [-0.39, 0.29) is 30.0 Å². The first-order valence-electron chi connectivity index (χ1n) is 8.55. The van der Waals surface area contributed by atoms with E-state index in [4.69, 9.17) is 4.74 Å². The summed E-state index contributed by atoms with van der Waals surface area (Å²) in [6, 6.07) is 14.5. The molecule has 0 radical (unpaired) electrons. The van der Waals surface area contributed by atoms with Crippen molar-refractivity contribution in [2.24, 2.45) is 0 Å². The van der Waals surface area contributed by atoms with Gasteiger partial charge in [-0.25, -0.2) is 8.42 Å². The van der Waals surface area contributed by atoms with Crippen LogP contribution in [0.2, 0.25) is 0 Å². The standard InChI is InChI=1S/C19H21BrN2O4S/c1-22(16-10-11-27(24,25)13-16)12-19(23)21-15-4-8-18(9-5-15)26-17-6-2-14(20)3-7-17/h2-9,16H,10-13H2,1H3,(H,21,23)/t16-/m0/s1. The lowest BCUT2D eigenvalue weighted by atomic mass is 10.2. The van der Waals surface area contributed by atoms with Crippen molar-refractivity contribution in [3.63, 3.8) is 0 Å². The molecule has 27 heavy (non-hydrogen) atoms. The van der Waals surface area contributed by atoms with Gasteiger partial charge in [-0.3, -0.25) is 9.69 Å². The number of rotatable bonds is 6. The summed E-state index contributed by atoms with van der Waals surface area (Å²) in [6.45, 7) is 0.150. The molecule has 1 aliphatic rings. The molecule has 6 nitrogen and oxygen atoms in total. The molecule has 0 spiro atoms. The van der Waals surface area contributed by atoms with Crippen molar-refractivity contribution < 1.29 is 17.9 Å². The van der Waals surface area contributed by atoms with E-state index in [1.165, 1.54) is 0 Å². The van der Waals surface area contributed by atoms with Gasteiger partial charge >= 0.3 is 0 Å². The number of likely N-dealkylation sites (N-methyl/N-ethyl adjacent to an activating group) is 1. The third-order valence-electron chi connectivity index (χ3n) is 4.41. The van der Waals surface area contributed by atoms with Crippen LogP contribution in [0.15, 0.2) is 53.0 Å². The van der Waals surface area contributed by atoms with Gasteiger partial charge in [0.25, 0.3) is 0 Å². The van der Waals surface area contributed by atoms with Gasteiger partial charge in [0.2, 0.25) is 5.91 Å². The zero-order chi connectivity index (χ0) is 19.4. The minimum atomic E-state index is -2.96. The molecule has 144 valence electrons. The van der Waals surface area contributed by atoms with Crippen molar-refractivity contribution in [1.82, 2.24) is 4.90 Å². The number of nitrogens with one attached hydrogen (secondary N) is 1. The van der Waals surface area contributed by atoms with E-state index < -0.39 is 9.84 Å². The van der Waals surface area contributed by atoms with E-state index in [0.29, 0.717) is 17.9 Å². The number of hydrogen-bond acceptors (Lipinski definition) is 5. The average molecular weight is 453 g/mol. The highest BCUT2D eigenvalue weighted by molar-refractivity contribution is 9.10. The summed E-state index contributed by atoms with van der Waals surface area (Å²) in [4.78, 5) is 14.0. The van der Waals surface area contributed by atoms with Gasteiger partial charge in [-0.1, -0.05) is 15.9 Å². The van der Waals surface area contributed by atoms with Crippen molar-refractivity contribution in [2.75, 3.05) is 30.4 Å². The normalized spacial score (nSPS) is 18.4. The lowest BCUT2D eigenvalue weighted by molar-refractivity contribution is -0.117. The highest BCUT2D eigenvalue weighted by Crippen LogP contribution is 2.24. The van der Waals surface area contributed by atoms with Gasteiger partial charge in [0.1, 0.15) is 11.5 Å². The fourth-order valence-corrected chi connectivity index (χ4v) is 4.99. The van der Waals surface area contributed by atoms with Gasteiger partial charge in [-0.2, -0.15) is 0 Å². The second-order valence-corrected chi connectivity index (χ2v) is 9.74. The van der Waals surface area contributed by atoms with E-state index >= 15 is 0 Å². The van der Waals surface area contributed by atoms with Gasteiger partial charge in [0.15, 0.2) is 9.84 Å². The van der Waals surface area contributed by atoms with Crippen LogP contribution in [0.3, 0.4) is 0 Å². The Balaban J connectivity index is 1.51. The lowest BCUT2D eigenvalue weighted by Crippen LogP contribution is -2.38. The number of ether oxygens (including phenoxy) is 1. The molecule has 0 aliphatic carbocycles. The minimum Gasteiger partial charge on any atom is -0.457 e. The van der Waals surface area contributed by atoms with Crippen molar-refractivity contribution in [3.8, 4) is 11.5 Å². The fraction of sp³-hybridized carbons (Fsp3) is 0.316. The van der Waals surface area contributed by atoms with Crippen LogP contribution in [-0.4, -0.2) is 50.4 Å². The first-order chi connectivity index (χ1) is 12.8. The molecule has 0 unspecified atom stereocenters. The molecule has 1 heterocycles. The molecule has 0 saturated carbocycles. The van der Waals surface area contributed by atoms with Crippen LogP contribution in [-0.2, 0) is 14.6 Å². The molecule has 1 N–H and O–H groups in total. The third-order valence-corrected chi connectivity index (χ3v) is 6.69. The molecular weight excluding hydrogens is 432 g/mol. The Labute approximate surface area is 167 Å². The van der Waals surface area contributed by atoms with E-state index in [1.54, 1.807) is 36.2 Å². The first kappa shape index (κ1) is 19.9. The van der Waals surface area contributed by atoms with Crippen LogP contribution in [0.4, 0.5) is 5.69 Å². The van der Waals surface area contributed by atoms with Gasteiger partial charge in [0, 0.05) is 16.2 Å². The van der Waals surface area contributed by atoms with E-state index in [2.05, 4.69) is 21.2 Å². The quantitative estimate of drug-likeness (QED) is 0.727. The Morgan fingerprint density at radius 2 is 1.74 bits per heavy atom. The summed E-state index contributed by atoms with van der Waals surface area (Å²) in [7, 11) is -1.18. The molecule has 0 bridgehead atoms. The smallest absolute Gasteiger partial charge is 0.238 e. The Kier molecular flexibility index (Phi) is 6.18. The fourth-order valence-electron chi connectivity index (χ4n) is 2.92. The number of sulfone groups is 1. The van der Waals surface area contributed by atoms with Gasteiger partial charge in [-0.15, -0.1) is 0 Å². The van der Waals surface area contributed by atoms with Crippen LogP contribution >= 0.6 is 15.9 Å². The van der Waals surface area contributed by atoms with Crippen LogP contribution in [0.5, 0.6) is 11.5 Å². The summed E-state index contributed by atoms with van der Waals surface area (Å²) < 4.78 is 29.8. The average Bonchev–Trinajstić information content (AvgIpc) is 2.99. The van der Waals surface area contributed by atoms with Gasteiger partial charge in [-0.05, 0) is 62.0 Å². The molecule has 1 atom stereocenters. The second-order valence-electron chi connectivity index (χ2n) is 6.60. The summed E-state index contributed by atoms with van der Waals surface area (Å²) in [6.07, 6.45) is 0.578. The van der Waals surface area contributed by atoms with Crippen molar-refractivity contribution >= 4 is 37.4 Å².